The first-order valence-electron chi connectivity index (χ1n) is 5.96. The molecule has 1 fully saturated rings. The molecule has 0 aliphatic heterocycles. The second kappa shape index (κ2) is 4.52. The van der Waals surface area contributed by atoms with Gasteiger partial charge < -0.3 is 9.73 Å². The van der Waals surface area contributed by atoms with Gasteiger partial charge in [0.05, 0.1) is 12.3 Å². The normalized spacial score (nSPS) is 16.4. The van der Waals surface area contributed by atoms with Gasteiger partial charge in [-0.1, -0.05) is 0 Å². The minimum Gasteiger partial charge on any atom is -0.463 e. The average Bonchev–Trinajstić information content (AvgIpc) is 2.97. The fourth-order valence-corrected chi connectivity index (χ4v) is 2.70. The van der Waals surface area contributed by atoms with Gasteiger partial charge in [0.2, 0.25) is 5.91 Å². The van der Waals surface area contributed by atoms with E-state index in [9.17, 15) is 4.79 Å². The second-order valence-electron chi connectivity index (χ2n) is 4.52. The number of nitrogens with zero attached hydrogens (tertiary/aromatic N) is 2. The van der Waals surface area contributed by atoms with Crippen LogP contribution >= 0.6 is 11.3 Å². The summed E-state index contributed by atoms with van der Waals surface area (Å²) in [5.74, 6) is 0.414. The molecule has 0 aromatic carbocycles. The Morgan fingerprint density at radius 2 is 2.42 bits per heavy atom. The third kappa shape index (κ3) is 2.02. The smallest absolute Gasteiger partial charge is 0.246 e. The van der Waals surface area contributed by atoms with Crippen LogP contribution in [0.5, 0.6) is 0 Å². The molecule has 0 saturated heterocycles. The largest absolute Gasteiger partial charge is 0.463 e. The Labute approximate surface area is 113 Å². The Morgan fingerprint density at radius 3 is 3.00 bits per heavy atom. The number of nitrogens with one attached hydrogen (secondary N) is 1. The third-order valence-corrected chi connectivity index (χ3v) is 4.11. The Bertz CT molecular complexity index is 635. The van der Waals surface area contributed by atoms with Crippen molar-refractivity contribution in [2.45, 2.75) is 19.3 Å². The number of hydrogen-bond acceptors (Lipinski definition) is 5. The molecule has 6 heteroatoms. The molecule has 0 unspecified atom stereocenters. The summed E-state index contributed by atoms with van der Waals surface area (Å²) in [4.78, 5) is 16.3. The van der Waals surface area contributed by atoms with Gasteiger partial charge in [-0.25, -0.2) is 4.98 Å². The number of carbonyl (C=O) groups is 1. The van der Waals surface area contributed by atoms with E-state index >= 15 is 0 Å². The molecule has 2 aromatic rings. The van der Waals surface area contributed by atoms with E-state index in [1.807, 2.05) is 11.4 Å². The molecule has 0 bridgehead atoms. The number of amides is 1. The molecule has 1 amide bonds. The molecular weight excluding hydrogens is 262 g/mol. The molecule has 0 spiro atoms. The molecule has 1 aliphatic carbocycles. The van der Waals surface area contributed by atoms with Gasteiger partial charge in [-0.05, 0) is 31.4 Å². The average molecular weight is 273 g/mol. The van der Waals surface area contributed by atoms with E-state index in [1.165, 1.54) is 11.3 Å². The molecule has 96 valence electrons. The standard InChI is InChI=1S/C13H11N3O2S/c14-8-13(4-2-5-13)11(17)16-12-15-9(7-19-12)10-3-1-6-18-10/h1,3,6-7H,2,4-5H2,(H,15,16,17). The van der Waals surface area contributed by atoms with Crippen molar-refractivity contribution in [3.8, 4) is 17.5 Å². The van der Waals surface area contributed by atoms with Gasteiger partial charge in [-0.3, -0.25) is 4.79 Å². The van der Waals surface area contributed by atoms with E-state index in [-0.39, 0.29) is 5.91 Å². The van der Waals surface area contributed by atoms with Gasteiger partial charge >= 0.3 is 0 Å². The minimum absolute atomic E-state index is 0.249. The number of nitriles is 1. The maximum absolute atomic E-state index is 12.1. The zero-order valence-corrected chi connectivity index (χ0v) is 10.9. The number of anilines is 1. The Kier molecular flexibility index (Phi) is 2.84. The van der Waals surface area contributed by atoms with E-state index in [0.29, 0.717) is 29.4 Å². The first-order valence-corrected chi connectivity index (χ1v) is 6.84. The summed E-state index contributed by atoms with van der Waals surface area (Å²) >= 11 is 1.32. The highest BCUT2D eigenvalue weighted by Gasteiger charge is 2.44. The van der Waals surface area contributed by atoms with Crippen LogP contribution in [0.2, 0.25) is 0 Å². The number of aromatic nitrogens is 1. The molecule has 1 N–H and O–H groups in total. The maximum atomic E-state index is 12.1. The first-order chi connectivity index (χ1) is 9.23. The summed E-state index contributed by atoms with van der Waals surface area (Å²) < 4.78 is 5.24. The van der Waals surface area contributed by atoms with Crippen LogP contribution < -0.4 is 5.32 Å². The second-order valence-corrected chi connectivity index (χ2v) is 5.37. The van der Waals surface area contributed by atoms with Gasteiger partial charge in [0, 0.05) is 5.38 Å². The van der Waals surface area contributed by atoms with Crippen LogP contribution in [0.25, 0.3) is 11.5 Å². The first kappa shape index (κ1) is 11.9. The number of thiazole rings is 1. The number of hydrogen-bond donors (Lipinski definition) is 1. The number of rotatable bonds is 3. The lowest BCUT2D eigenvalue weighted by Gasteiger charge is -2.32. The van der Waals surface area contributed by atoms with Crippen LogP contribution in [0.15, 0.2) is 28.2 Å². The van der Waals surface area contributed by atoms with E-state index in [2.05, 4.69) is 16.4 Å². The van der Waals surface area contributed by atoms with Crippen molar-refractivity contribution in [3.63, 3.8) is 0 Å². The van der Waals surface area contributed by atoms with E-state index in [0.717, 1.165) is 6.42 Å². The zero-order chi connectivity index (χ0) is 13.3. The Hall–Kier alpha value is -2.13. The van der Waals surface area contributed by atoms with Gasteiger partial charge in [0.1, 0.15) is 11.1 Å². The highest BCUT2D eigenvalue weighted by molar-refractivity contribution is 7.14. The molecule has 2 aromatic heterocycles. The summed E-state index contributed by atoms with van der Waals surface area (Å²) in [6.45, 7) is 0. The van der Waals surface area contributed by atoms with Gasteiger partial charge in [0.25, 0.3) is 0 Å². The number of carbonyl (C=O) groups excluding carboxylic acids is 1. The predicted molar refractivity (Wildman–Crippen MR) is 70.3 cm³/mol. The van der Waals surface area contributed by atoms with E-state index in [4.69, 9.17) is 9.68 Å². The van der Waals surface area contributed by atoms with Gasteiger partial charge in [0.15, 0.2) is 10.9 Å². The number of furan rings is 1. The fraction of sp³-hybridized carbons (Fsp3) is 0.308. The van der Waals surface area contributed by atoms with Crippen molar-refractivity contribution in [3.05, 3.63) is 23.8 Å². The third-order valence-electron chi connectivity index (χ3n) is 3.35. The summed E-state index contributed by atoms with van der Waals surface area (Å²) in [5, 5.41) is 14.1. The van der Waals surface area contributed by atoms with Crippen LogP contribution in [0.4, 0.5) is 5.13 Å². The van der Waals surface area contributed by atoms with Crippen molar-refractivity contribution in [2.75, 3.05) is 5.32 Å². The molecule has 5 nitrogen and oxygen atoms in total. The van der Waals surface area contributed by atoms with Crippen molar-refractivity contribution in [2.24, 2.45) is 5.41 Å². The summed E-state index contributed by atoms with van der Waals surface area (Å²) in [6.07, 6.45) is 3.76. The van der Waals surface area contributed by atoms with Crippen LogP contribution in [0.1, 0.15) is 19.3 Å². The maximum Gasteiger partial charge on any atom is 0.246 e. The van der Waals surface area contributed by atoms with Crippen LogP contribution in [-0.4, -0.2) is 10.9 Å². The molecule has 2 heterocycles. The lowest BCUT2D eigenvalue weighted by molar-refractivity contribution is -0.126. The van der Waals surface area contributed by atoms with Crippen molar-refractivity contribution < 1.29 is 9.21 Å². The monoisotopic (exact) mass is 273 g/mol. The lowest BCUT2D eigenvalue weighted by Crippen LogP contribution is -2.40. The summed E-state index contributed by atoms with van der Waals surface area (Å²) in [6, 6.07) is 5.71. The fourth-order valence-electron chi connectivity index (χ4n) is 2.01. The lowest BCUT2D eigenvalue weighted by atomic mass is 9.69. The Balaban J connectivity index is 1.74. The topological polar surface area (TPSA) is 78.9 Å². The SMILES string of the molecule is N#CC1(C(=O)Nc2nc(-c3ccco3)cs2)CCC1. The molecule has 0 radical (unpaired) electrons. The van der Waals surface area contributed by atoms with Crippen LogP contribution in [0, 0.1) is 16.7 Å². The zero-order valence-electron chi connectivity index (χ0n) is 10.0. The van der Waals surface area contributed by atoms with Gasteiger partial charge in [-0.2, -0.15) is 5.26 Å². The van der Waals surface area contributed by atoms with Crippen LogP contribution in [0.3, 0.4) is 0 Å². The molecule has 1 aliphatic rings. The molecule has 3 rings (SSSR count). The summed E-state index contributed by atoms with van der Waals surface area (Å²) in [5.41, 5.74) is -0.166. The van der Waals surface area contributed by atoms with Crippen LogP contribution in [-0.2, 0) is 4.79 Å². The Morgan fingerprint density at radius 1 is 1.58 bits per heavy atom. The molecule has 0 atom stereocenters. The minimum atomic E-state index is -0.851. The highest BCUT2D eigenvalue weighted by atomic mass is 32.1. The van der Waals surface area contributed by atoms with E-state index < -0.39 is 5.41 Å². The molecule has 19 heavy (non-hydrogen) atoms. The predicted octanol–water partition coefficient (Wildman–Crippen LogP) is 3.04. The van der Waals surface area contributed by atoms with E-state index in [1.54, 1.807) is 12.3 Å². The van der Waals surface area contributed by atoms with Crippen molar-refractivity contribution in [1.82, 2.24) is 4.98 Å². The molecular formula is C13H11N3O2S. The quantitative estimate of drug-likeness (QED) is 0.932. The van der Waals surface area contributed by atoms with Crippen molar-refractivity contribution in [1.29, 1.82) is 5.26 Å². The highest BCUT2D eigenvalue weighted by Crippen LogP contribution is 2.41. The summed E-state index contributed by atoms with van der Waals surface area (Å²) in [7, 11) is 0. The van der Waals surface area contributed by atoms with Crippen molar-refractivity contribution >= 4 is 22.4 Å². The van der Waals surface area contributed by atoms with Gasteiger partial charge in [-0.15, -0.1) is 11.3 Å². The molecule has 1 saturated carbocycles.